The Morgan fingerprint density at radius 1 is 1.31 bits per heavy atom. The van der Waals surface area contributed by atoms with Crippen LogP contribution in [0.2, 0.25) is 10.0 Å². The summed E-state index contributed by atoms with van der Waals surface area (Å²) in [5.74, 6) is 0. The van der Waals surface area contributed by atoms with Crippen LogP contribution < -0.4 is 5.73 Å². The van der Waals surface area contributed by atoms with Gasteiger partial charge in [-0.15, -0.1) is 5.10 Å². The lowest BCUT2D eigenvalue weighted by Crippen LogP contribution is -1.97. The van der Waals surface area contributed by atoms with Crippen molar-refractivity contribution in [2.75, 3.05) is 0 Å². The first-order valence-corrected chi connectivity index (χ1v) is 5.93. The van der Waals surface area contributed by atoms with Crippen LogP contribution in [0, 0.1) is 0 Å². The fraction of sp³-hybridized carbons (Fsp3) is 0.111. The van der Waals surface area contributed by atoms with Crippen LogP contribution in [0.3, 0.4) is 0 Å². The summed E-state index contributed by atoms with van der Waals surface area (Å²) in [6, 6.07) is 3.49. The minimum atomic E-state index is 0.325. The molecule has 1 heterocycles. The Morgan fingerprint density at radius 3 is 2.44 bits per heavy atom. The summed E-state index contributed by atoms with van der Waals surface area (Å²) < 4.78 is 2.32. The van der Waals surface area contributed by atoms with E-state index in [2.05, 4.69) is 26.2 Å². The fourth-order valence-corrected chi connectivity index (χ4v) is 2.64. The zero-order valence-corrected chi connectivity index (χ0v) is 11.1. The highest BCUT2D eigenvalue weighted by Crippen LogP contribution is 2.31. The fourth-order valence-electron chi connectivity index (χ4n) is 1.25. The second-order valence-corrected chi connectivity index (χ2v) is 4.81. The molecule has 0 aliphatic carbocycles. The lowest BCUT2D eigenvalue weighted by Gasteiger charge is -2.06. The van der Waals surface area contributed by atoms with Gasteiger partial charge < -0.3 is 5.73 Å². The van der Waals surface area contributed by atoms with Crippen molar-refractivity contribution >= 4 is 39.1 Å². The SMILES string of the molecule is NCc1cn(-c2c(Cl)cc(Br)cc2Cl)nn1. The van der Waals surface area contributed by atoms with E-state index in [4.69, 9.17) is 28.9 Å². The molecule has 0 radical (unpaired) electrons. The minimum Gasteiger partial charge on any atom is -0.325 e. The van der Waals surface area contributed by atoms with E-state index in [0.29, 0.717) is 28.0 Å². The summed E-state index contributed by atoms with van der Waals surface area (Å²) in [5.41, 5.74) is 6.72. The van der Waals surface area contributed by atoms with Gasteiger partial charge in [0.15, 0.2) is 0 Å². The summed E-state index contributed by atoms with van der Waals surface area (Å²) in [6.07, 6.45) is 1.70. The van der Waals surface area contributed by atoms with Gasteiger partial charge in [-0.25, -0.2) is 4.68 Å². The van der Waals surface area contributed by atoms with E-state index in [1.54, 1.807) is 18.3 Å². The van der Waals surface area contributed by atoms with E-state index in [9.17, 15) is 0 Å². The monoisotopic (exact) mass is 320 g/mol. The molecule has 16 heavy (non-hydrogen) atoms. The number of nitrogens with zero attached hydrogens (tertiary/aromatic N) is 3. The molecule has 2 aromatic rings. The second kappa shape index (κ2) is 4.71. The molecule has 0 saturated carbocycles. The minimum absolute atomic E-state index is 0.325. The van der Waals surface area contributed by atoms with Crippen molar-refractivity contribution in [1.29, 1.82) is 0 Å². The molecule has 4 nitrogen and oxygen atoms in total. The molecule has 1 aromatic carbocycles. The molecule has 0 atom stereocenters. The molecule has 2 rings (SSSR count). The van der Waals surface area contributed by atoms with Crippen molar-refractivity contribution in [2.24, 2.45) is 5.73 Å². The Bertz CT molecular complexity index is 503. The third-order valence-corrected chi connectivity index (χ3v) is 2.99. The molecule has 7 heteroatoms. The Balaban J connectivity index is 2.55. The molecule has 2 N–H and O–H groups in total. The Morgan fingerprint density at radius 2 is 1.94 bits per heavy atom. The van der Waals surface area contributed by atoms with Crippen LogP contribution in [0.5, 0.6) is 0 Å². The molecule has 0 amide bonds. The van der Waals surface area contributed by atoms with Gasteiger partial charge >= 0.3 is 0 Å². The molecule has 1 aromatic heterocycles. The molecule has 0 bridgehead atoms. The maximum Gasteiger partial charge on any atom is 0.104 e. The van der Waals surface area contributed by atoms with Crippen molar-refractivity contribution in [3.05, 3.63) is 38.5 Å². The van der Waals surface area contributed by atoms with Crippen molar-refractivity contribution < 1.29 is 0 Å². The second-order valence-electron chi connectivity index (χ2n) is 3.08. The lowest BCUT2D eigenvalue weighted by molar-refractivity contribution is 0.797. The molecule has 0 aliphatic heterocycles. The van der Waals surface area contributed by atoms with Crippen LogP contribution in [-0.2, 0) is 6.54 Å². The average Bonchev–Trinajstić information content (AvgIpc) is 2.64. The van der Waals surface area contributed by atoms with E-state index in [1.807, 2.05) is 0 Å². The maximum absolute atomic E-state index is 6.09. The Kier molecular flexibility index (Phi) is 3.49. The van der Waals surface area contributed by atoms with E-state index in [1.165, 1.54) is 4.68 Å². The quantitative estimate of drug-likeness (QED) is 0.925. The topological polar surface area (TPSA) is 56.7 Å². The van der Waals surface area contributed by atoms with Crippen LogP contribution in [-0.4, -0.2) is 15.0 Å². The molecule has 0 spiro atoms. The van der Waals surface area contributed by atoms with Crippen LogP contribution >= 0.6 is 39.1 Å². The number of aromatic nitrogens is 3. The van der Waals surface area contributed by atoms with Gasteiger partial charge in [0.05, 0.1) is 21.9 Å². The lowest BCUT2D eigenvalue weighted by atomic mass is 10.3. The van der Waals surface area contributed by atoms with Gasteiger partial charge in [-0.3, -0.25) is 0 Å². The number of rotatable bonds is 2. The molecule has 0 aliphatic rings. The van der Waals surface area contributed by atoms with Crippen LogP contribution in [0.1, 0.15) is 5.69 Å². The van der Waals surface area contributed by atoms with E-state index in [0.717, 1.165) is 4.47 Å². The average molecular weight is 322 g/mol. The summed E-state index contributed by atoms with van der Waals surface area (Å²) in [5, 5.41) is 8.77. The van der Waals surface area contributed by atoms with Gasteiger partial charge in [0.1, 0.15) is 5.69 Å². The molecule has 0 fully saturated rings. The van der Waals surface area contributed by atoms with Gasteiger partial charge in [-0.05, 0) is 12.1 Å². The highest BCUT2D eigenvalue weighted by atomic mass is 79.9. The summed E-state index contributed by atoms with van der Waals surface area (Å²) in [7, 11) is 0. The van der Waals surface area contributed by atoms with Gasteiger partial charge in [0.25, 0.3) is 0 Å². The summed E-state index contributed by atoms with van der Waals surface area (Å²) in [6.45, 7) is 0.325. The number of halogens is 3. The molecular weight excluding hydrogens is 315 g/mol. The Labute approximate surface area is 110 Å². The smallest absolute Gasteiger partial charge is 0.104 e. The number of nitrogens with two attached hydrogens (primary N) is 1. The van der Waals surface area contributed by atoms with E-state index >= 15 is 0 Å². The van der Waals surface area contributed by atoms with Crippen LogP contribution in [0.15, 0.2) is 22.8 Å². The van der Waals surface area contributed by atoms with Crippen LogP contribution in [0.4, 0.5) is 0 Å². The Hall–Kier alpha value is -0.620. The van der Waals surface area contributed by atoms with Crippen molar-refractivity contribution in [1.82, 2.24) is 15.0 Å². The zero-order valence-electron chi connectivity index (χ0n) is 7.99. The molecule has 0 unspecified atom stereocenters. The number of hydrogen-bond acceptors (Lipinski definition) is 3. The molecule has 84 valence electrons. The third kappa shape index (κ3) is 2.22. The van der Waals surface area contributed by atoms with Crippen molar-refractivity contribution in [3.63, 3.8) is 0 Å². The predicted octanol–water partition coefficient (Wildman–Crippen LogP) is 2.80. The highest BCUT2D eigenvalue weighted by Gasteiger charge is 2.11. The van der Waals surface area contributed by atoms with Gasteiger partial charge in [-0.2, -0.15) is 0 Å². The first kappa shape index (κ1) is 11.9. The summed E-state index contributed by atoms with van der Waals surface area (Å²) >= 11 is 15.5. The van der Waals surface area contributed by atoms with Gasteiger partial charge in [-0.1, -0.05) is 44.3 Å². The maximum atomic E-state index is 6.09. The first-order valence-electron chi connectivity index (χ1n) is 4.38. The van der Waals surface area contributed by atoms with Crippen molar-refractivity contribution in [3.8, 4) is 5.69 Å². The largest absolute Gasteiger partial charge is 0.325 e. The predicted molar refractivity (Wildman–Crippen MR) is 67.0 cm³/mol. The number of benzene rings is 1. The van der Waals surface area contributed by atoms with Gasteiger partial charge in [0, 0.05) is 11.0 Å². The standard InChI is InChI=1S/C9H7BrCl2N4/c10-5-1-7(11)9(8(12)2-5)16-4-6(3-13)14-15-16/h1-2,4H,3,13H2. The summed E-state index contributed by atoms with van der Waals surface area (Å²) in [4.78, 5) is 0. The van der Waals surface area contributed by atoms with E-state index < -0.39 is 0 Å². The molecular formula is C9H7BrCl2N4. The zero-order chi connectivity index (χ0) is 11.7. The first-order chi connectivity index (χ1) is 7.61. The van der Waals surface area contributed by atoms with Crippen LogP contribution in [0.25, 0.3) is 5.69 Å². The molecule has 0 saturated heterocycles. The van der Waals surface area contributed by atoms with Gasteiger partial charge in [0.2, 0.25) is 0 Å². The number of hydrogen-bond donors (Lipinski definition) is 1. The third-order valence-electron chi connectivity index (χ3n) is 1.96. The normalized spacial score (nSPS) is 10.8. The highest BCUT2D eigenvalue weighted by molar-refractivity contribution is 9.10. The van der Waals surface area contributed by atoms with Crippen molar-refractivity contribution in [2.45, 2.75) is 6.54 Å². The van der Waals surface area contributed by atoms with E-state index in [-0.39, 0.29) is 0 Å².